The highest BCUT2D eigenvalue weighted by Crippen LogP contribution is 2.32. The van der Waals surface area contributed by atoms with E-state index in [9.17, 15) is 4.79 Å². The third-order valence-electron chi connectivity index (χ3n) is 6.04. The topological polar surface area (TPSA) is 63.5 Å². The lowest BCUT2D eigenvalue weighted by atomic mass is 9.86. The molecule has 1 aromatic rings. The maximum Gasteiger partial charge on any atom is 0.242 e. The molecule has 2 aliphatic heterocycles. The molecule has 3 heterocycles. The van der Waals surface area contributed by atoms with E-state index in [1.165, 1.54) is 6.42 Å². The summed E-state index contributed by atoms with van der Waals surface area (Å²) in [5.41, 5.74) is -0.330. The number of hydrogen-bond acceptors (Lipinski definition) is 5. The molecular weight excluding hydrogens is 318 g/mol. The minimum Gasteiger partial charge on any atom is -0.383 e. The number of nitrogens with zero attached hydrogens (tertiary/aromatic N) is 5. The van der Waals surface area contributed by atoms with Crippen LogP contribution >= 0.6 is 0 Å². The highest BCUT2D eigenvalue weighted by molar-refractivity contribution is 5.86. The van der Waals surface area contributed by atoms with Crippen LogP contribution in [-0.2, 0) is 16.1 Å². The number of likely N-dealkylation sites (tertiary alicyclic amines) is 2. The van der Waals surface area contributed by atoms with Gasteiger partial charge in [0.1, 0.15) is 12.2 Å². The molecule has 1 unspecified atom stereocenters. The summed E-state index contributed by atoms with van der Waals surface area (Å²) in [4.78, 5) is 17.4. The minimum absolute atomic E-state index is 0.300. The Morgan fingerprint density at radius 1 is 1.32 bits per heavy atom. The zero-order valence-corrected chi connectivity index (χ0v) is 15.8. The fourth-order valence-electron chi connectivity index (χ4n) is 4.15. The van der Waals surface area contributed by atoms with Crippen LogP contribution in [0.4, 0.5) is 0 Å². The second-order valence-corrected chi connectivity index (χ2v) is 7.59. The van der Waals surface area contributed by atoms with Crippen molar-refractivity contribution in [3.63, 3.8) is 0 Å². The summed E-state index contributed by atoms with van der Waals surface area (Å²) in [6.45, 7) is 6.19. The first-order valence-electron chi connectivity index (χ1n) is 9.43. The van der Waals surface area contributed by atoms with Gasteiger partial charge in [0.15, 0.2) is 0 Å². The summed E-state index contributed by atoms with van der Waals surface area (Å²) in [6, 6.07) is 0. The summed E-state index contributed by atoms with van der Waals surface area (Å²) in [5.74, 6) is 1.71. The van der Waals surface area contributed by atoms with Crippen molar-refractivity contribution in [2.24, 2.45) is 0 Å². The number of aromatic nitrogens is 3. The van der Waals surface area contributed by atoms with Crippen LogP contribution in [0.25, 0.3) is 0 Å². The van der Waals surface area contributed by atoms with Crippen LogP contribution in [0.3, 0.4) is 0 Å². The standard InChI is InChI=1S/C18H31N5O2/c1-18(8-4-5-9-21(18)2)17(24)22-10-6-15(7-11-22)16-20-19-14-23(16)12-13-25-3/h14-15H,4-13H2,1-3H3. The van der Waals surface area contributed by atoms with Crippen LogP contribution < -0.4 is 0 Å². The molecule has 0 radical (unpaired) electrons. The normalized spacial score (nSPS) is 26.1. The van der Waals surface area contributed by atoms with Crippen molar-refractivity contribution in [3.05, 3.63) is 12.2 Å². The summed E-state index contributed by atoms with van der Waals surface area (Å²) in [7, 11) is 3.79. The summed E-state index contributed by atoms with van der Waals surface area (Å²) >= 11 is 0. The van der Waals surface area contributed by atoms with Gasteiger partial charge in [0.2, 0.25) is 5.91 Å². The number of likely N-dealkylation sites (N-methyl/N-ethyl adjacent to an activating group) is 1. The molecule has 3 rings (SSSR count). The highest BCUT2D eigenvalue weighted by atomic mass is 16.5. The van der Waals surface area contributed by atoms with Gasteiger partial charge in [-0.25, -0.2) is 0 Å². The second-order valence-electron chi connectivity index (χ2n) is 7.59. The third kappa shape index (κ3) is 3.72. The predicted octanol–water partition coefficient (Wildman–Crippen LogP) is 1.50. The molecule has 1 atom stereocenters. The molecular formula is C18H31N5O2. The van der Waals surface area contributed by atoms with E-state index < -0.39 is 0 Å². The van der Waals surface area contributed by atoms with Crippen LogP contribution in [0.15, 0.2) is 6.33 Å². The summed E-state index contributed by atoms with van der Waals surface area (Å²) in [6.07, 6.45) is 7.00. The Bertz CT molecular complexity index is 582. The molecule has 7 heteroatoms. The SMILES string of the molecule is COCCn1cnnc1C1CCN(C(=O)C2(C)CCCCN2C)CC1. The molecule has 2 aliphatic rings. The van der Waals surface area contributed by atoms with E-state index in [1.807, 2.05) is 0 Å². The third-order valence-corrected chi connectivity index (χ3v) is 6.04. The molecule has 0 spiro atoms. The van der Waals surface area contributed by atoms with Gasteiger partial charge in [0.25, 0.3) is 0 Å². The van der Waals surface area contributed by atoms with E-state index in [-0.39, 0.29) is 5.54 Å². The number of ether oxygens (including phenoxy) is 1. The number of hydrogen-bond donors (Lipinski definition) is 0. The highest BCUT2D eigenvalue weighted by Gasteiger charge is 2.42. The molecule has 7 nitrogen and oxygen atoms in total. The van der Waals surface area contributed by atoms with Crippen molar-refractivity contribution in [2.75, 3.05) is 40.4 Å². The van der Waals surface area contributed by atoms with Crippen molar-refractivity contribution < 1.29 is 9.53 Å². The first-order valence-corrected chi connectivity index (χ1v) is 9.43. The molecule has 0 N–H and O–H groups in total. The Morgan fingerprint density at radius 2 is 2.08 bits per heavy atom. The fourth-order valence-corrected chi connectivity index (χ4v) is 4.15. The summed E-state index contributed by atoms with van der Waals surface area (Å²) in [5, 5.41) is 8.39. The monoisotopic (exact) mass is 349 g/mol. The van der Waals surface area contributed by atoms with Crippen molar-refractivity contribution in [1.29, 1.82) is 0 Å². The molecule has 0 bridgehead atoms. The largest absolute Gasteiger partial charge is 0.383 e. The van der Waals surface area contributed by atoms with Gasteiger partial charge in [-0.15, -0.1) is 10.2 Å². The van der Waals surface area contributed by atoms with E-state index in [4.69, 9.17) is 4.74 Å². The molecule has 25 heavy (non-hydrogen) atoms. The first kappa shape index (κ1) is 18.3. The number of methoxy groups -OCH3 is 1. The second kappa shape index (κ2) is 7.83. The lowest BCUT2D eigenvalue weighted by molar-refractivity contribution is -0.146. The van der Waals surface area contributed by atoms with Crippen LogP contribution in [0, 0.1) is 0 Å². The van der Waals surface area contributed by atoms with Crippen LogP contribution in [0.1, 0.15) is 50.8 Å². The van der Waals surface area contributed by atoms with Gasteiger partial charge < -0.3 is 14.2 Å². The molecule has 2 fully saturated rings. The Balaban J connectivity index is 1.60. The Hall–Kier alpha value is -1.47. The van der Waals surface area contributed by atoms with Crippen molar-refractivity contribution in [1.82, 2.24) is 24.6 Å². The Kier molecular flexibility index (Phi) is 5.74. The molecule has 140 valence electrons. The van der Waals surface area contributed by atoms with Crippen molar-refractivity contribution in [3.8, 4) is 0 Å². The summed E-state index contributed by atoms with van der Waals surface area (Å²) < 4.78 is 7.25. The van der Waals surface area contributed by atoms with Gasteiger partial charge in [-0.1, -0.05) is 0 Å². The molecule has 1 aromatic heterocycles. The van der Waals surface area contributed by atoms with E-state index in [0.717, 1.165) is 57.7 Å². The van der Waals surface area contributed by atoms with Gasteiger partial charge in [-0.3, -0.25) is 9.69 Å². The fraction of sp³-hybridized carbons (Fsp3) is 0.833. The quantitative estimate of drug-likeness (QED) is 0.806. The van der Waals surface area contributed by atoms with E-state index in [0.29, 0.717) is 18.4 Å². The van der Waals surface area contributed by atoms with E-state index in [1.54, 1.807) is 13.4 Å². The molecule has 0 saturated carbocycles. The lowest BCUT2D eigenvalue weighted by Crippen LogP contribution is -2.59. The van der Waals surface area contributed by atoms with Gasteiger partial charge in [-0.05, 0) is 52.6 Å². The van der Waals surface area contributed by atoms with Crippen LogP contribution in [0.2, 0.25) is 0 Å². The molecule has 1 amide bonds. The zero-order valence-electron chi connectivity index (χ0n) is 15.8. The molecule has 0 aromatic carbocycles. The van der Waals surface area contributed by atoms with Gasteiger partial charge in [0, 0.05) is 32.7 Å². The average molecular weight is 349 g/mol. The average Bonchev–Trinajstić information content (AvgIpc) is 3.10. The van der Waals surface area contributed by atoms with Gasteiger partial charge >= 0.3 is 0 Å². The minimum atomic E-state index is -0.330. The maximum absolute atomic E-state index is 13.1. The van der Waals surface area contributed by atoms with Crippen molar-refractivity contribution >= 4 is 5.91 Å². The maximum atomic E-state index is 13.1. The number of amides is 1. The van der Waals surface area contributed by atoms with Crippen LogP contribution in [-0.4, -0.2) is 76.4 Å². The Labute approximate surface area is 150 Å². The zero-order chi connectivity index (χ0) is 17.9. The molecule has 0 aliphatic carbocycles. The smallest absolute Gasteiger partial charge is 0.242 e. The van der Waals surface area contributed by atoms with Gasteiger partial charge in [-0.2, -0.15) is 0 Å². The lowest BCUT2D eigenvalue weighted by Gasteiger charge is -2.45. The number of carbonyl (C=O) groups excluding carboxylic acids is 1. The van der Waals surface area contributed by atoms with E-state index in [2.05, 4.69) is 38.5 Å². The Morgan fingerprint density at radius 3 is 2.76 bits per heavy atom. The van der Waals surface area contributed by atoms with E-state index >= 15 is 0 Å². The number of rotatable bonds is 5. The molecule has 2 saturated heterocycles. The van der Waals surface area contributed by atoms with Gasteiger partial charge in [0.05, 0.1) is 12.1 Å². The predicted molar refractivity (Wildman–Crippen MR) is 95.3 cm³/mol. The number of piperidine rings is 2. The number of carbonyl (C=O) groups is 1. The van der Waals surface area contributed by atoms with Crippen molar-refractivity contribution in [2.45, 2.75) is 57.0 Å². The van der Waals surface area contributed by atoms with Crippen LogP contribution in [0.5, 0.6) is 0 Å². The first-order chi connectivity index (χ1) is 12.1.